The van der Waals surface area contributed by atoms with Gasteiger partial charge in [-0.25, -0.2) is 9.97 Å². The second-order valence-electron chi connectivity index (χ2n) is 12.4. The SMILES string of the molecule is COc1c(C(C)(C)C)cc(-c2nc(C3CCN(C(=O)Cn4c(C)cnc4C)CC3)cs2)cc1C(C)(C)C. The van der Waals surface area contributed by atoms with Crippen LogP contribution in [0.4, 0.5) is 0 Å². The zero-order valence-electron chi connectivity index (χ0n) is 23.9. The lowest BCUT2D eigenvalue weighted by atomic mass is 9.78. The Hall–Kier alpha value is -2.67. The lowest BCUT2D eigenvalue weighted by Crippen LogP contribution is -2.40. The molecule has 1 aromatic carbocycles. The standard InChI is InChI=1S/C30H42N4O2S/c1-19-16-31-20(2)34(19)17-26(35)33-12-10-21(11-13-33)25-18-37-28(32-25)22-14-23(29(3,4)5)27(36-9)24(15-22)30(6,7)8/h14-16,18,21H,10-13,17H2,1-9H3. The van der Waals surface area contributed by atoms with Gasteiger partial charge in [-0.05, 0) is 49.7 Å². The van der Waals surface area contributed by atoms with Crippen LogP contribution in [-0.2, 0) is 22.2 Å². The number of aryl methyl sites for hydroxylation is 2. The second-order valence-corrected chi connectivity index (χ2v) is 13.2. The van der Waals surface area contributed by atoms with E-state index in [1.54, 1.807) is 18.4 Å². The van der Waals surface area contributed by atoms with E-state index < -0.39 is 0 Å². The molecule has 0 spiro atoms. The van der Waals surface area contributed by atoms with Crippen LogP contribution in [-0.4, -0.2) is 45.5 Å². The number of hydrogen-bond donors (Lipinski definition) is 0. The van der Waals surface area contributed by atoms with Crippen LogP contribution in [0.3, 0.4) is 0 Å². The molecule has 1 aliphatic heterocycles. The molecule has 6 nitrogen and oxygen atoms in total. The first-order valence-corrected chi connectivity index (χ1v) is 14.1. The first-order valence-electron chi connectivity index (χ1n) is 13.2. The number of amides is 1. The zero-order chi connectivity index (χ0) is 27.1. The third-order valence-corrected chi connectivity index (χ3v) is 8.40. The van der Waals surface area contributed by atoms with E-state index in [4.69, 9.17) is 9.72 Å². The molecule has 0 radical (unpaired) electrons. The van der Waals surface area contributed by atoms with Crippen molar-refractivity contribution >= 4 is 17.2 Å². The number of likely N-dealkylation sites (tertiary alicyclic amines) is 1. The molecule has 2 aromatic heterocycles. The number of aromatic nitrogens is 3. The van der Waals surface area contributed by atoms with Crippen LogP contribution in [0.2, 0.25) is 0 Å². The number of rotatable bonds is 5. The molecule has 0 saturated carbocycles. The summed E-state index contributed by atoms with van der Waals surface area (Å²) >= 11 is 1.72. The number of methoxy groups -OCH3 is 1. The average molecular weight is 523 g/mol. The Morgan fingerprint density at radius 1 is 1.05 bits per heavy atom. The van der Waals surface area contributed by atoms with Crippen molar-refractivity contribution in [1.29, 1.82) is 0 Å². The molecule has 4 rings (SSSR count). The minimum absolute atomic E-state index is 0.0470. The lowest BCUT2D eigenvalue weighted by Gasteiger charge is -2.31. The summed E-state index contributed by atoms with van der Waals surface area (Å²) in [6.45, 7) is 19.3. The molecule has 37 heavy (non-hydrogen) atoms. The summed E-state index contributed by atoms with van der Waals surface area (Å²) in [6, 6.07) is 4.52. The third kappa shape index (κ3) is 5.77. The molecule has 0 bridgehead atoms. The molecule has 1 amide bonds. The van der Waals surface area contributed by atoms with Gasteiger partial charge in [0.15, 0.2) is 0 Å². The van der Waals surface area contributed by atoms with Gasteiger partial charge < -0.3 is 14.2 Å². The predicted molar refractivity (Wildman–Crippen MR) is 152 cm³/mol. The summed E-state index contributed by atoms with van der Waals surface area (Å²) in [5.41, 5.74) is 5.67. The van der Waals surface area contributed by atoms with Crippen molar-refractivity contribution in [2.45, 2.75) is 91.5 Å². The number of nitrogens with zero attached hydrogens (tertiary/aromatic N) is 4. The Bertz CT molecular complexity index is 1210. The maximum atomic E-state index is 12.9. The van der Waals surface area contributed by atoms with Crippen molar-refractivity contribution in [1.82, 2.24) is 19.4 Å². The van der Waals surface area contributed by atoms with Crippen molar-refractivity contribution in [2.24, 2.45) is 0 Å². The Balaban J connectivity index is 1.52. The molecule has 3 aromatic rings. The highest BCUT2D eigenvalue weighted by atomic mass is 32.1. The Morgan fingerprint density at radius 3 is 2.14 bits per heavy atom. The molecule has 0 unspecified atom stereocenters. The molecule has 0 atom stereocenters. The number of carbonyl (C=O) groups is 1. The maximum absolute atomic E-state index is 12.9. The van der Waals surface area contributed by atoms with E-state index in [0.29, 0.717) is 12.5 Å². The van der Waals surface area contributed by atoms with Gasteiger partial charge in [0, 0.05) is 53.0 Å². The van der Waals surface area contributed by atoms with E-state index in [1.807, 2.05) is 29.5 Å². The van der Waals surface area contributed by atoms with Crippen LogP contribution in [0.1, 0.15) is 88.6 Å². The van der Waals surface area contributed by atoms with Gasteiger partial charge in [0.1, 0.15) is 23.1 Å². The van der Waals surface area contributed by atoms with Crippen LogP contribution in [0.5, 0.6) is 5.75 Å². The van der Waals surface area contributed by atoms with Crippen LogP contribution >= 0.6 is 11.3 Å². The number of benzene rings is 1. The molecule has 1 saturated heterocycles. The smallest absolute Gasteiger partial charge is 0.242 e. The van der Waals surface area contributed by atoms with Crippen molar-refractivity contribution in [2.75, 3.05) is 20.2 Å². The molecule has 1 aliphatic rings. The van der Waals surface area contributed by atoms with Crippen LogP contribution in [0, 0.1) is 13.8 Å². The van der Waals surface area contributed by atoms with Gasteiger partial charge in [0.2, 0.25) is 5.91 Å². The van der Waals surface area contributed by atoms with Crippen molar-refractivity contribution in [3.05, 3.63) is 52.0 Å². The molecule has 0 aliphatic carbocycles. The quantitative estimate of drug-likeness (QED) is 0.377. The summed E-state index contributed by atoms with van der Waals surface area (Å²) in [7, 11) is 1.77. The third-order valence-electron chi connectivity index (χ3n) is 7.49. The Morgan fingerprint density at radius 2 is 1.65 bits per heavy atom. The van der Waals surface area contributed by atoms with Gasteiger partial charge in [-0.3, -0.25) is 4.79 Å². The number of piperidine rings is 1. The normalized spacial score (nSPS) is 15.3. The number of hydrogen-bond acceptors (Lipinski definition) is 5. The lowest BCUT2D eigenvalue weighted by molar-refractivity contribution is -0.133. The van der Waals surface area contributed by atoms with Crippen molar-refractivity contribution < 1.29 is 9.53 Å². The second kappa shape index (κ2) is 10.2. The van der Waals surface area contributed by atoms with Crippen LogP contribution in [0.15, 0.2) is 23.7 Å². The fourth-order valence-electron chi connectivity index (χ4n) is 5.17. The Kier molecular flexibility index (Phi) is 7.57. The number of ether oxygens (including phenoxy) is 1. The fraction of sp³-hybridized carbons (Fsp3) is 0.567. The number of thiazole rings is 1. The van der Waals surface area contributed by atoms with E-state index in [2.05, 4.69) is 64.0 Å². The summed E-state index contributed by atoms with van der Waals surface area (Å²) in [5, 5.41) is 3.27. The summed E-state index contributed by atoms with van der Waals surface area (Å²) in [6.07, 6.45) is 3.71. The maximum Gasteiger partial charge on any atom is 0.242 e. The van der Waals surface area contributed by atoms with Gasteiger partial charge in [0.05, 0.1) is 12.8 Å². The van der Waals surface area contributed by atoms with E-state index >= 15 is 0 Å². The minimum atomic E-state index is -0.0470. The van der Waals surface area contributed by atoms with E-state index in [-0.39, 0.29) is 16.7 Å². The highest BCUT2D eigenvalue weighted by molar-refractivity contribution is 7.13. The van der Waals surface area contributed by atoms with Crippen molar-refractivity contribution in [3.8, 4) is 16.3 Å². The monoisotopic (exact) mass is 522 g/mol. The van der Waals surface area contributed by atoms with E-state index in [0.717, 1.165) is 59.5 Å². The molecule has 1 fully saturated rings. The van der Waals surface area contributed by atoms with Gasteiger partial charge in [-0.15, -0.1) is 11.3 Å². The highest BCUT2D eigenvalue weighted by Crippen LogP contribution is 2.43. The van der Waals surface area contributed by atoms with E-state index in [9.17, 15) is 4.79 Å². The molecular weight excluding hydrogens is 480 g/mol. The summed E-state index contributed by atoms with van der Waals surface area (Å²) in [4.78, 5) is 24.4. The van der Waals surface area contributed by atoms with Crippen molar-refractivity contribution in [3.63, 3.8) is 0 Å². The Labute approximate surface area is 226 Å². The average Bonchev–Trinajstić information content (AvgIpc) is 3.45. The van der Waals surface area contributed by atoms with Crippen LogP contribution < -0.4 is 4.74 Å². The van der Waals surface area contributed by atoms with Gasteiger partial charge in [-0.2, -0.15) is 0 Å². The first kappa shape index (κ1) is 27.4. The van der Waals surface area contributed by atoms with Gasteiger partial charge >= 0.3 is 0 Å². The fourth-order valence-corrected chi connectivity index (χ4v) is 6.06. The number of imidazole rings is 1. The van der Waals surface area contributed by atoms with Crippen LogP contribution in [0.25, 0.3) is 10.6 Å². The molecular formula is C30H42N4O2S. The van der Waals surface area contributed by atoms with Gasteiger partial charge in [-0.1, -0.05) is 41.5 Å². The first-order chi connectivity index (χ1) is 17.3. The summed E-state index contributed by atoms with van der Waals surface area (Å²) in [5.74, 6) is 2.43. The highest BCUT2D eigenvalue weighted by Gasteiger charge is 2.29. The molecule has 3 heterocycles. The minimum Gasteiger partial charge on any atom is -0.496 e. The number of carbonyl (C=O) groups excluding carboxylic acids is 1. The predicted octanol–water partition coefficient (Wildman–Crippen LogP) is 6.63. The molecule has 200 valence electrons. The largest absolute Gasteiger partial charge is 0.496 e. The molecule has 7 heteroatoms. The van der Waals surface area contributed by atoms with E-state index in [1.165, 1.54) is 11.1 Å². The summed E-state index contributed by atoms with van der Waals surface area (Å²) < 4.78 is 7.94. The van der Waals surface area contributed by atoms with Gasteiger partial charge in [0.25, 0.3) is 0 Å². The zero-order valence-corrected chi connectivity index (χ0v) is 24.8. The molecule has 0 N–H and O–H groups in total. The topological polar surface area (TPSA) is 60.2 Å².